The molecular formula is C23H29FN4O. The molecule has 2 aliphatic rings. The summed E-state index contributed by atoms with van der Waals surface area (Å²) >= 11 is 0. The van der Waals surface area contributed by atoms with Gasteiger partial charge in [0.05, 0.1) is 0 Å². The Morgan fingerprint density at radius 1 is 1.21 bits per heavy atom. The molecule has 2 unspecified atom stereocenters. The Labute approximate surface area is 171 Å². The zero-order chi connectivity index (χ0) is 20.4. The lowest BCUT2D eigenvalue weighted by Gasteiger charge is -2.39. The first-order chi connectivity index (χ1) is 14.0. The van der Waals surface area contributed by atoms with Gasteiger partial charge in [-0.15, -0.1) is 0 Å². The lowest BCUT2D eigenvalue weighted by Crippen LogP contribution is -2.54. The molecule has 1 saturated heterocycles. The van der Waals surface area contributed by atoms with Crippen molar-refractivity contribution >= 4 is 5.91 Å². The highest BCUT2D eigenvalue weighted by molar-refractivity contribution is 5.83. The zero-order valence-electron chi connectivity index (χ0n) is 17.1. The molecule has 0 spiro atoms. The van der Waals surface area contributed by atoms with Gasteiger partial charge in [0.25, 0.3) is 0 Å². The van der Waals surface area contributed by atoms with E-state index in [0.717, 1.165) is 38.0 Å². The van der Waals surface area contributed by atoms with Crippen LogP contribution in [0.5, 0.6) is 0 Å². The third kappa shape index (κ3) is 4.49. The number of carbonyl (C=O) groups excluding carboxylic acids is 1. The van der Waals surface area contributed by atoms with Crippen molar-refractivity contribution in [3.8, 4) is 0 Å². The number of likely N-dealkylation sites (tertiary alicyclic amines) is 1. The number of fused-ring (bicyclic) bond motifs is 2. The van der Waals surface area contributed by atoms with Crippen LogP contribution in [0.3, 0.4) is 0 Å². The number of carbonyl (C=O) groups is 1. The van der Waals surface area contributed by atoms with Gasteiger partial charge < -0.3 is 5.32 Å². The van der Waals surface area contributed by atoms with E-state index < -0.39 is 6.04 Å². The Balaban J connectivity index is 1.41. The van der Waals surface area contributed by atoms with E-state index in [9.17, 15) is 9.18 Å². The minimum atomic E-state index is -0.413. The van der Waals surface area contributed by atoms with E-state index in [2.05, 4.69) is 21.3 Å². The summed E-state index contributed by atoms with van der Waals surface area (Å²) in [5.74, 6) is 0.672. The number of nitrogens with one attached hydrogen (secondary N) is 1. The molecule has 1 aromatic heterocycles. The first kappa shape index (κ1) is 20.0. The van der Waals surface area contributed by atoms with Crippen LogP contribution in [0.1, 0.15) is 30.0 Å². The largest absolute Gasteiger partial charge is 0.351 e. The van der Waals surface area contributed by atoms with Crippen LogP contribution in [0, 0.1) is 17.7 Å². The van der Waals surface area contributed by atoms with Gasteiger partial charge in [0.1, 0.15) is 11.9 Å². The van der Waals surface area contributed by atoms with E-state index in [4.69, 9.17) is 0 Å². The Morgan fingerprint density at radius 3 is 2.48 bits per heavy atom. The van der Waals surface area contributed by atoms with Gasteiger partial charge in [0.2, 0.25) is 5.91 Å². The highest BCUT2D eigenvalue weighted by atomic mass is 19.1. The fraction of sp³-hybridized carbons (Fsp3) is 0.478. The highest BCUT2D eigenvalue weighted by Gasteiger charge is 2.43. The normalized spacial score (nSPS) is 25.2. The van der Waals surface area contributed by atoms with Crippen LogP contribution in [-0.2, 0) is 11.3 Å². The minimum absolute atomic E-state index is 0.00391. The van der Waals surface area contributed by atoms with Crippen molar-refractivity contribution in [2.24, 2.45) is 11.8 Å². The number of piperidine rings is 1. The molecule has 154 valence electrons. The van der Waals surface area contributed by atoms with Crippen molar-refractivity contribution in [1.29, 1.82) is 0 Å². The van der Waals surface area contributed by atoms with Crippen molar-refractivity contribution in [1.82, 2.24) is 20.1 Å². The molecule has 29 heavy (non-hydrogen) atoms. The molecule has 6 heteroatoms. The summed E-state index contributed by atoms with van der Waals surface area (Å²) in [4.78, 5) is 21.8. The molecule has 1 aliphatic heterocycles. The molecule has 1 N–H and O–H groups in total. The third-order valence-electron chi connectivity index (χ3n) is 6.30. The van der Waals surface area contributed by atoms with Crippen molar-refractivity contribution in [2.45, 2.75) is 31.5 Å². The predicted molar refractivity (Wildman–Crippen MR) is 110 cm³/mol. The van der Waals surface area contributed by atoms with Crippen LogP contribution in [0.15, 0.2) is 48.8 Å². The SMILES string of the molecule is CN(C)C(C(=O)NC1[C@@H]2CC[C@H]1CN(Cc1cccnc1)C2)c1ccc(F)cc1. The Morgan fingerprint density at radius 2 is 1.90 bits per heavy atom. The molecule has 1 saturated carbocycles. The maximum Gasteiger partial charge on any atom is 0.242 e. The Hall–Kier alpha value is -2.31. The number of benzene rings is 1. The number of hydrogen-bond donors (Lipinski definition) is 1. The molecule has 1 aliphatic carbocycles. The molecule has 2 bridgehead atoms. The van der Waals surface area contributed by atoms with Crippen LogP contribution >= 0.6 is 0 Å². The molecular weight excluding hydrogens is 367 g/mol. The number of hydrogen-bond acceptors (Lipinski definition) is 4. The maximum absolute atomic E-state index is 13.3. The topological polar surface area (TPSA) is 48.5 Å². The van der Waals surface area contributed by atoms with E-state index >= 15 is 0 Å². The summed E-state index contributed by atoms with van der Waals surface area (Å²) in [6, 6.07) is 10.1. The van der Waals surface area contributed by atoms with Crippen LogP contribution in [0.2, 0.25) is 0 Å². The van der Waals surface area contributed by atoms with Crippen LogP contribution in [0.25, 0.3) is 0 Å². The maximum atomic E-state index is 13.3. The van der Waals surface area contributed by atoms with Crippen molar-refractivity contribution in [3.63, 3.8) is 0 Å². The lowest BCUT2D eigenvalue weighted by atomic mass is 9.91. The van der Waals surface area contributed by atoms with E-state index in [0.29, 0.717) is 11.8 Å². The first-order valence-corrected chi connectivity index (χ1v) is 10.3. The number of aromatic nitrogens is 1. The van der Waals surface area contributed by atoms with E-state index in [-0.39, 0.29) is 17.8 Å². The number of pyridine rings is 1. The summed E-state index contributed by atoms with van der Waals surface area (Å²) in [6.45, 7) is 2.91. The molecule has 4 atom stereocenters. The number of amides is 1. The minimum Gasteiger partial charge on any atom is -0.351 e. The summed E-state index contributed by atoms with van der Waals surface area (Å²) < 4.78 is 13.3. The van der Waals surface area contributed by atoms with Crippen LogP contribution < -0.4 is 5.32 Å². The smallest absolute Gasteiger partial charge is 0.242 e. The monoisotopic (exact) mass is 396 g/mol. The summed E-state index contributed by atoms with van der Waals surface area (Å²) in [7, 11) is 3.78. The summed E-state index contributed by atoms with van der Waals surface area (Å²) in [6.07, 6.45) is 6.04. The van der Waals surface area contributed by atoms with Gasteiger partial charge in [0.15, 0.2) is 0 Å². The molecule has 1 amide bonds. The predicted octanol–water partition coefficient (Wildman–Crippen LogP) is 2.85. The number of nitrogens with zero attached hydrogens (tertiary/aromatic N) is 3. The second kappa shape index (κ2) is 8.59. The van der Waals surface area contributed by atoms with Gasteiger partial charge in [-0.1, -0.05) is 18.2 Å². The highest BCUT2D eigenvalue weighted by Crippen LogP contribution is 2.38. The number of rotatable bonds is 6. The second-order valence-corrected chi connectivity index (χ2v) is 8.60. The quantitative estimate of drug-likeness (QED) is 0.816. The molecule has 4 rings (SSSR count). The van der Waals surface area contributed by atoms with Gasteiger partial charge in [-0.05, 0) is 68.1 Å². The number of halogens is 1. The van der Waals surface area contributed by atoms with Gasteiger partial charge in [-0.3, -0.25) is 19.6 Å². The fourth-order valence-electron chi connectivity index (χ4n) is 5.01. The van der Waals surface area contributed by atoms with E-state index in [1.54, 1.807) is 18.3 Å². The summed E-state index contributed by atoms with van der Waals surface area (Å²) in [5, 5.41) is 3.35. The van der Waals surface area contributed by atoms with Crippen molar-refractivity contribution in [3.05, 3.63) is 65.7 Å². The summed E-state index contributed by atoms with van der Waals surface area (Å²) in [5.41, 5.74) is 2.05. The molecule has 5 nitrogen and oxygen atoms in total. The van der Waals surface area contributed by atoms with Gasteiger partial charge in [0, 0.05) is 38.1 Å². The lowest BCUT2D eigenvalue weighted by molar-refractivity contribution is -0.127. The van der Waals surface area contributed by atoms with Crippen LogP contribution in [-0.4, -0.2) is 53.9 Å². The standard InChI is InChI=1S/C23H29FN4O/c1-27(2)22(17-7-9-20(24)10-8-17)23(29)26-21-18-5-6-19(21)15-28(14-18)13-16-4-3-11-25-12-16/h3-4,7-12,18-19,21-22H,5-6,13-15H2,1-2H3,(H,26,29)/t18-,19+,21?,22?. The third-order valence-corrected chi connectivity index (χ3v) is 6.30. The van der Waals surface area contributed by atoms with Crippen molar-refractivity contribution < 1.29 is 9.18 Å². The number of likely N-dealkylation sites (N-methyl/N-ethyl adjacent to an activating group) is 1. The van der Waals surface area contributed by atoms with E-state index in [1.807, 2.05) is 31.3 Å². The van der Waals surface area contributed by atoms with Crippen LogP contribution in [0.4, 0.5) is 4.39 Å². The van der Waals surface area contributed by atoms with Gasteiger partial charge in [-0.2, -0.15) is 0 Å². The second-order valence-electron chi connectivity index (χ2n) is 8.60. The Kier molecular flexibility index (Phi) is 5.92. The molecule has 2 aromatic rings. The average molecular weight is 397 g/mol. The van der Waals surface area contributed by atoms with Gasteiger partial charge >= 0.3 is 0 Å². The molecule has 1 aromatic carbocycles. The Bertz CT molecular complexity index is 813. The average Bonchev–Trinajstić information content (AvgIpc) is 2.93. The molecule has 2 fully saturated rings. The zero-order valence-corrected chi connectivity index (χ0v) is 17.1. The van der Waals surface area contributed by atoms with Gasteiger partial charge in [-0.25, -0.2) is 4.39 Å². The van der Waals surface area contributed by atoms with E-state index in [1.165, 1.54) is 17.7 Å². The fourth-order valence-corrected chi connectivity index (χ4v) is 5.01. The first-order valence-electron chi connectivity index (χ1n) is 10.3. The molecule has 2 heterocycles. The van der Waals surface area contributed by atoms with Crippen molar-refractivity contribution in [2.75, 3.05) is 27.2 Å². The molecule has 0 radical (unpaired) electrons.